The molecule has 0 aliphatic heterocycles. The van der Waals surface area contributed by atoms with E-state index < -0.39 is 0 Å². The van der Waals surface area contributed by atoms with Crippen molar-refractivity contribution in [3.63, 3.8) is 0 Å². The van der Waals surface area contributed by atoms with Gasteiger partial charge in [-0.2, -0.15) is 11.1 Å². The van der Waals surface area contributed by atoms with E-state index >= 15 is 0 Å². The van der Waals surface area contributed by atoms with Crippen molar-refractivity contribution in [1.82, 2.24) is 0 Å². The third-order valence-corrected chi connectivity index (χ3v) is 7.05. The first kappa shape index (κ1) is 30.6. The zero-order valence-electron chi connectivity index (χ0n) is 20.7. The van der Waals surface area contributed by atoms with Gasteiger partial charge in [-0.1, -0.05) is 132 Å². The Hall–Kier alpha value is -0.409. The molecule has 0 saturated heterocycles. The van der Waals surface area contributed by atoms with Crippen molar-refractivity contribution >= 4 is 15.4 Å². The minimum atomic E-state index is 0. The Balaban J connectivity index is 0.000000444. The SMILES string of the molecule is CC1=[C-]C(C)C(C)=C1C.Cc1ccccc1[Si].[NH-]C1CCCCCCCCCCC1.[Ti+2]. The fraction of sp³-hybridized carbons (Fsp3) is 0.643. The van der Waals surface area contributed by atoms with Gasteiger partial charge in [-0.05, 0) is 6.92 Å². The van der Waals surface area contributed by atoms with Crippen LogP contribution in [0.2, 0.25) is 0 Å². The molecule has 0 aromatic heterocycles. The molecule has 0 heterocycles. The van der Waals surface area contributed by atoms with Crippen LogP contribution in [0.3, 0.4) is 0 Å². The molecule has 3 rings (SSSR count). The van der Waals surface area contributed by atoms with Gasteiger partial charge >= 0.3 is 21.7 Å². The smallest absolute Gasteiger partial charge is 0.675 e. The third kappa shape index (κ3) is 13.7. The van der Waals surface area contributed by atoms with Gasteiger partial charge < -0.3 is 5.73 Å². The Kier molecular flexibility index (Phi) is 17.8. The Labute approximate surface area is 212 Å². The minimum absolute atomic E-state index is 0. The summed E-state index contributed by atoms with van der Waals surface area (Å²) >= 11 is 0. The summed E-state index contributed by atoms with van der Waals surface area (Å²) in [7, 11) is 3.44. The van der Waals surface area contributed by atoms with Gasteiger partial charge in [0.1, 0.15) is 0 Å². The fourth-order valence-electron chi connectivity index (χ4n) is 3.90. The quantitative estimate of drug-likeness (QED) is 0.269. The molecule has 31 heavy (non-hydrogen) atoms. The van der Waals surface area contributed by atoms with Crippen molar-refractivity contribution in [3.8, 4) is 0 Å². The summed E-state index contributed by atoms with van der Waals surface area (Å²) in [5, 5.41) is 1.17. The first-order valence-electron chi connectivity index (χ1n) is 12.1. The standard InChI is InChI=1S/C12H24N.C9H13.C7H7Si.Ti/c13-12-10-8-6-4-2-1-3-5-7-9-11-12;1-6-5-7(2)9(4)8(6)3;1-6-4-2-3-5-7(6)8;/h12-13H,1-11H2;6H,1-4H3;2-5H,1H3;/q2*-1;;+2. The van der Waals surface area contributed by atoms with Crippen molar-refractivity contribution in [2.45, 2.75) is 111 Å². The van der Waals surface area contributed by atoms with E-state index in [9.17, 15) is 0 Å². The van der Waals surface area contributed by atoms with E-state index in [-0.39, 0.29) is 27.8 Å². The van der Waals surface area contributed by atoms with Crippen LogP contribution in [0.4, 0.5) is 0 Å². The largest absolute Gasteiger partial charge is 2.00 e. The molecule has 1 nitrogen and oxygen atoms in total. The molecular formula is C28H44NSiTi. The summed E-state index contributed by atoms with van der Waals surface area (Å²) in [4.78, 5) is 0. The average molecular weight is 471 g/mol. The van der Waals surface area contributed by atoms with Crippen molar-refractivity contribution in [2.75, 3.05) is 0 Å². The fourth-order valence-corrected chi connectivity index (χ4v) is 4.08. The van der Waals surface area contributed by atoms with Gasteiger partial charge in [0.05, 0.1) is 10.2 Å². The number of allylic oxidation sites excluding steroid dienone is 4. The second kappa shape index (κ2) is 18.1. The van der Waals surface area contributed by atoms with E-state index in [1.807, 2.05) is 18.2 Å². The molecule has 1 aromatic carbocycles. The second-order valence-corrected chi connectivity index (χ2v) is 9.61. The summed E-state index contributed by atoms with van der Waals surface area (Å²) in [6.07, 6.45) is 18.1. The van der Waals surface area contributed by atoms with Crippen LogP contribution in [0.1, 0.15) is 104 Å². The number of hydrogen-bond acceptors (Lipinski definition) is 0. The van der Waals surface area contributed by atoms with Crippen LogP contribution in [-0.4, -0.2) is 16.3 Å². The van der Waals surface area contributed by atoms with Crippen LogP contribution >= 0.6 is 0 Å². The van der Waals surface area contributed by atoms with Crippen LogP contribution in [0, 0.1) is 18.9 Å². The minimum Gasteiger partial charge on any atom is -0.675 e. The van der Waals surface area contributed by atoms with Gasteiger partial charge in [-0.15, -0.1) is 13.0 Å². The first-order valence-corrected chi connectivity index (χ1v) is 12.6. The van der Waals surface area contributed by atoms with Crippen LogP contribution < -0.4 is 5.19 Å². The van der Waals surface area contributed by atoms with Crippen LogP contribution in [0.25, 0.3) is 5.73 Å². The summed E-state index contributed by atoms with van der Waals surface area (Å²) in [5.74, 6) is 0.560. The monoisotopic (exact) mass is 470 g/mol. The van der Waals surface area contributed by atoms with Crippen LogP contribution in [0.15, 0.2) is 41.0 Å². The Bertz CT molecular complexity index is 632. The van der Waals surface area contributed by atoms with E-state index in [0.717, 1.165) is 12.8 Å². The number of aryl methyl sites for hydroxylation is 1. The molecule has 3 heteroatoms. The molecule has 1 aromatic rings. The Morgan fingerprint density at radius 3 is 1.55 bits per heavy atom. The van der Waals surface area contributed by atoms with Crippen molar-refractivity contribution in [1.29, 1.82) is 0 Å². The molecular weight excluding hydrogens is 426 g/mol. The molecule has 1 saturated carbocycles. The zero-order valence-corrected chi connectivity index (χ0v) is 23.3. The maximum absolute atomic E-state index is 7.80. The molecule has 2 aliphatic rings. The molecule has 2 aliphatic carbocycles. The zero-order chi connectivity index (χ0) is 22.4. The molecule has 1 fully saturated rings. The predicted molar refractivity (Wildman–Crippen MR) is 135 cm³/mol. The third-order valence-electron chi connectivity index (χ3n) is 6.49. The Morgan fingerprint density at radius 1 is 0.806 bits per heavy atom. The molecule has 1 unspecified atom stereocenters. The maximum Gasteiger partial charge on any atom is 2.00 e. The molecule has 3 radical (unpaired) electrons. The van der Waals surface area contributed by atoms with Crippen molar-refractivity contribution in [3.05, 3.63) is 58.4 Å². The molecule has 0 spiro atoms. The van der Waals surface area contributed by atoms with Gasteiger partial charge in [0.15, 0.2) is 0 Å². The van der Waals surface area contributed by atoms with Gasteiger partial charge in [0, 0.05) is 0 Å². The normalized spacial score (nSPS) is 20.6. The van der Waals surface area contributed by atoms with E-state index in [2.05, 4.69) is 57.0 Å². The number of nitrogens with one attached hydrogen (secondary N) is 1. The molecule has 0 amide bonds. The maximum atomic E-state index is 7.80. The number of benzene rings is 1. The Morgan fingerprint density at radius 2 is 1.26 bits per heavy atom. The van der Waals surface area contributed by atoms with Gasteiger partial charge in [0.2, 0.25) is 0 Å². The number of hydrogen-bond donors (Lipinski definition) is 0. The topological polar surface area (TPSA) is 23.8 Å². The second-order valence-electron chi connectivity index (χ2n) is 9.07. The predicted octanol–water partition coefficient (Wildman–Crippen LogP) is 8.22. The summed E-state index contributed by atoms with van der Waals surface area (Å²) in [5.41, 5.74) is 13.3. The summed E-state index contributed by atoms with van der Waals surface area (Å²) < 4.78 is 0. The van der Waals surface area contributed by atoms with Crippen LogP contribution in [0.5, 0.6) is 0 Å². The van der Waals surface area contributed by atoms with Crippen molar-refractivity contribution < 1.29 is 21.7 Å². The molecule has 169 valence electrons. The van der Waals surface area contributed by atoms with Gasteiger partial charge in [-0.3, -0.25) is 6.08 Å². The first-order chi connectivity index (χ1) is 14.3. The molecule has 1 atom stereocenters. The van der Waals surface area contributed by atoms with E-state index in [1.165, 1.54) is 85.3 Å². The van der Waals surface area contributed by atoms with E-state index in [4.69, 9.17) is 5.73 Å². The van der Waals surface area contributed by atoms with Gasteiger partial charge in [0.25, 0.3) is 0 Å². The van der Waals surface area contributed by atoms with E-state index in [1.54, 1.807) is 0 Å². The van der Waals surface area contributed by atoms with E-state index in [0.29, 0.717) is 5.92 Å². The average Bonchev–Trinajstić information content (AvgIpc) is 2.93. The van der Waals surface area contributed by atoms with Gasteiger partial charge in [-0.25, -0.2) is 5.57 Å². The van der Waals surface area contributed by atoms with Crippen LogP contribution in [-0.2, 0) is 21.7 Å². The summed E-state index contributed by atoms with van der Waals surface area (Å²) in [6.45, 7) is 10.7. The van der Waals surface area contributed by atoms with Crippen molar-refractivity contribution in [2.24, 2.45) is 5.92 Å². The summed E-state index contributed by atoms with van der Waals surface area (Å²) in [6, 6.07) is 8.39. The number of rotatable bonds is 0. The molecule has 0 bridgehead atoms. The molecule has 1 N–H and O–H groups in total.